The molecule has 0 bridgehead atoms. The van der Waals surface area contributed by atoms with E-state index in [1.165, 1.54) is 0 Å². The highest BCUT2D eigenvalue weighted by Gasteiger charge is 2.39. The number of nitrogens with zero attached hydrogens (tertiary/aromatic N) is 1. The fourth-order valence-electron chi connectivity index (χ4n) is 1.92. The number of aliphatic hydroxyl groups is 1. The molecule has 17 heavy (non-hydrogen) atoms. The third kappa shape index (κ3) is 2.17. The number of anilines is 1. The van der Waals surface area contributed by atoms with Gasteiger partial charge in [0.25, 0.3) is 0 Å². The van der Waals surface area contributed by atoms with Crippen molar-refractivity contribution in [1.29, 1.82) is 0 Å². The van der Waals surface area contributed by atoms with Crippen LogP contribution in [0.25, 0.3) is 11.3 Å². The molecule has 1 saturated carbocycles. The third-order valence-electron chi connectivity index (χ3n) is 3.14. The smallest absolute Gasteiger partial charge is 0.222 e. The Labute approximate surface area is 99.0 Å². The van der Waals surface area contributed by atoms with Crippen molar-refractivity contribution in [2.24, 2.45) is 0 Å². The summed E-state index contributed by atoms with van der Waals surface area (Å²) >= 11 is 0. The molecule has 1 fully saturated rings. The van der Waals surface area contributed by atoms with E-state index < -0.39 is 5.60 Å². The summed E-state index contributed by atoms with van der Waals surface area (Å²) in [5.41, 5.74) is 7.88. The summed E-state index contributed by atoms with van der Waals surface area (Å²) in [4.78, 5) is 0. The predicted octanol–water partition coefficient (Wildman–Crippen LogP) is 1.99. The lowest BCUT2D eigenvalue weighted by Crippen LogP contribution is -2.10. The molecule has 0 amide bonds. The maximum absolute atomic E-state index is 9.83. The molecule has 0 unspecified atom stereocenters. The fraction of sp³-hybridized carbons (Fsp3) is 0.308. The highest BCUT2D eigenvalue weighted by atomic mass is 16.5. The molecule has 2 aromatic rings. The topological polar surface area (TPSA) is 72.3 Å². The number of hydrogen-bond acceptors (Lipinski definition) is 4. The van der Waals surface area contributed by atoms with Gasteiger partial charge < -0.3 is 15.4 Å². The summed E-state index contributed by atoms with van der Waals surface area (Å²) in [5.74, 6) is 0.316. The Hall–Kier alpha value is -1.81. The number of nitrogens with two attached hydrogens (primary N) is 1. The molecule has 1 aliphatic carbocycles. The standard InChI is InChI=1S/C13H14N2O2/c14-12-7-11(15-17-12)10-3-1-9(2-4-10)8-13(16)5-6-13/h1-4,7,16H,5-6,8,14H2. The van der Waals surface area contributed by atoms with Crippen LogP contribution in [0.3, 0.4) is 0 Å². The predicted molar refractivity (Wildman–Crippen MR) is 64.2 cm³/mol. The monoisotopic (exact) mass is 230 g/mol. The minimum Gasteiger partial charge on any atom is -0.390 e. The van der Waals surface area contributed by atoms with Gasteiger partial charge in [-0.2, -0.15) is 0 Å². The van der Waals surface area contributed by atoms with Crippen molar-refractivity contribution in [2.45, 2.75) is 24.9 Å². The summed E-state index contributed by atoms with van der Waals surface area (Å²) in [7, 11) is 0. The van der Waals surface area contributed by atoms with E-state index in [-0.39, 0.29) is 0 Å². The van der Waals surface area contributed by atoms with Crippen molar-refractivity contribution >= 4 is 5.88 Å². The van der Waals surface area contributed by atoms with Gasteiger partial charge in [-0.05, 0) is 18.4 Å². The minimum absolute atomic E-state index is 0.316. The highest BCUT2D eigenvalue weighted by Crippen LogP contribution is 2.38. The van der Waals surface area contributed by atoms with Crippen LogP contribution in [0.5, 0.6) is 0 Å². The van der Waals surface area contributed by atoms with Gasteiger partial charge in [0.15, 0.2) is 0 Å². The van der Waals surface area contributed by atoms with Crippen LogP contribution in [0.2, 0.25) is 0 Å². The second kappa shape index (κ2) is 3.60. The molecule has 88 valence electrons. The molecule has 1 heterocycles. The lowest BCUT2D eigenvalue weighted by Gasteiger charge is -2.07. The molecular weight excluding hydrogens is 216 g/mol. The van der Waals surface area contributed by atoms with E-state index in [1.807, 2.05) is 24.3 Å². The van der Waals surface area contributed by atoms with Gasteiger partial charge >= 0.3 is 0 Å². The molecule has 3 rings (SSSR count). The van der Waals surface area contributed by atoms with Crippen molar-refractivity contribution in [3.63, 3.8) is 0 Å². The van der Waals surface area contributed by atoms with Crippen LogP contribution in [0.4, 0.5) is 5.88 Å². The van der Waals surface area contributed by atoms with Crippen LogP contribution in [-0.4, -0.2) is 15.9 Å². The zero-order valence-electron chi connectivity index (χ0n) is 9.39. The Morgan fingerprint density at radius 3 is 2.53 bits per heavy atom. The Kier molecular flexibility index (Phi) is 2.19. The summed E-state index contributed by atoms with van der Waals surface area (Å²) < 4.78 is 4.83. The lowest BCUT2D eigenvalue weighted by atomic mass is 10.0. The van der Waals surface area contributed by atoms with E-state index in [1.54, 1.807) is 6.07 Å². The molecule has 1 aromatic carbocycles. The molecule has 3 N–H and O–H groups in total. The second-order valence-electron chi connectivity index (χ2n) is 4.71. The first-order valence-corrected chi connectivity index (χ1v) is 5.69. The third-order valence-corrected chi connectivity index (χ3v) is 3.14. The molecular formula is C13H14N2O2. The molecule has 0 atom stereocenters. The van der Waals surface area contributed by atoms with Crippen molar-refractivity contribution in [3.05, 3.63) is 35.9 Å². The van der Waals surface area contributed by atoms with E-state index in [0.29, 0.717) is 5.88 Å². The lowest BCUT2D eigenvalue weighted by molar-refractivity contribution is 0.151. The highest BCUT2D eigenvalue weighted by molar-refractivity contribution is 5.61. The van der Waals surface area contributed by atoms with Crippen molar-refractivity contribution in [2.75, 3.05) is 5.73 Å². The molecule has 4 heteroatoms. The van der Waals surface area contributed by atoms with Gasteiger partial charge in [0, 0.05) is 18.1 Å². The normalized spacial score (nSPS) is 17.0. The van der Waals surface area contributed by atoms with Crippen LogP contribution in [0, 0.1) is 0 Å². The quantitative estimate of drug-likeness (QED) is 0.845. The average Bonchev–Trinajstić information content (AvgIpc) is 2.87. The first-order valence-electron chi connectivity index (χ1n) is 5.69. The van der Waals surface area contributed by atoms with Crippen LogP contribution < -0.4 is 5.73 Å². The Morgan fingerprint density at radius 2 is 2.00 bits per heavy atom. The van der Waals surface area contributed by atoms with Crippen LogP contribution in [-0.2, 0) is 6.42 Å². The largest absolute Gasteiger partial charge is 0.390 e. The fourth-order valence-corrected chi connectivity index (χ4v) is 1.92. The van der Waals surface area contributed by atoms with Gasteiger partial charge in [-0.1, -0.05) is 29.4 Å². The average molecular weight is 230 g/mol. The maximum Gasteiger partial charge on any atom is 0.222 e. The first-order chi connectivity index (χ1) is 8.15. The molecule has 4 nitrogen and oxygen atoms in total. The zero-order chi connectivity index (χ0) is 11.9. The Balaban J connectivity index is 1.80. The van der Waals surface area contributed by atoms with Gasteiger partial charge in [-0.25, -0.2) is 0 Å². The zero-order valence-corrected chi connectivity index (χ0v) is 9.39. The van der Waals surface area contributed by atoms with Gasteiger partial charge in [-0.15, -0.1) is 0 Å². The first kappa shape index (κ1) is 10.4. The van der Waals surface area contributed by atoms with E-state index in [9.17, 15) is 5.11 Å². The van der Waals surface area contributed by atoms with E-state index in [4.69, 9.17) is 10.3 Å². The van der Waals surface area contributed by atoms with Crippen molar-refractivity contribution < 1.29 is 9.63 Å². The van der Waals surface area contributed by atoms with Crippen LogP contribution in [0.15, 0.2) is 34.9 Å². The van der Waals surface area contributed by atoms with Crippen molar-refractivity contribution in [1.82, 2.24) is 5.16 Å². The molecule has 0 aliphatic heterocycles. The maximum atomic E-state index is 9.83. The summed E-state index contributed by atoms with van der Waals surface area (Å²) in [5, 5.41) is 13.7. The van der Waals surface area contributed by atoms with Gasteiger partial charge in [-0.3, -0.25) is 0 Å². The minimum atomic E-state index is -0.445. The molecule has 0 spiro atoms. The van der Waals surface area contributed by atoms with Crippen LogP contribution >= 0.6 is 0 Å². The summed E-state index contributed by atoms with van der Waals surface area (Å²) in [6.45, 7) is 0. The number of rotatable bonds is 3. The molecule has 1 aromatic heterocycles. The van der Waals surface area contributed by atoms with Gasteiger partial charge in [0.1, 0.15) is 5.69 Å². The van der Waals surface area contributed by atoms with Gasteiger partial charge in [0.2, 0.25) is 5.88 Å². The number of benzene rings is 1. The Bertz CT molecular complexity index is 527. The number of aromatic nitrogens is 1. The second-order valence-corrected chi connectivity index (χ2v) is 4.71. The van der Waals surface area contributed by atoms with E-state index >= 15 is 0 Å². The van der Waals surface area contributed by atoms with Crippen LogP contribution in [0.1, 0.15) is 18.4 Å². The van der Waals surface area contributed by atoms with Gasteiger partial charge in [0.05, 0.1) is 5.60 Å². The van der Waals surface area contributed by atoms with E-state index in [2.05, 4.69) is 5.16 Å². The SMILES string of the molecule is Nc1cc(-c2ccc(CC3(O)CC3)cc2)no1. The van der Waals surface area contributed by atoms with Crippen molar-refractivity contribution in [3.8, 4) is 11.3 Å². The Morgan fingerprint density at radius 1 is 1.29 bits per heavy atom. The number of hydrogen-bond donors (Lipinski definition) is 2. The number of nitrogen functional groups attached to an aromatic ring is 1. The molecule has 1 aliphatic rings. The summed E-state index contributed by atoms with van der Waals surface area (Å²) in [6.07, 6.45) is 2.55. The molecule has 0 saturated heterocycles. The van der Waals surface area contributed by atoms with E-state index in [0.717, 1.165) is 36.1 Å². The molecule has 0 radical (unpaired) electrons. The summed E-state index contributed by atoms with van der Waals surface area (Å²) in [6, 6.07) is 9.66.